The summed E-state index contributed by atoms with van der Waals surface area (Å²) in [7, 11) is 0. The number of aromatic nitrogens is 2. The van der Waals surface area contributed by atoms with Crippen LogP contribution in [0, 0.1) is 15.5 Å². The van der Waals surface area contributed by atoms with E-state index in [0.717, 1.165) is 0 Å². The summed E-state index contributed by atoms with van der Waals surface area (Å²) in [5.74, 6) is -1.52. The molecule has 0 radical (unpaired) electrons. The maximum absolute atomic E-state index is 12.4. The van der Waals surface area contributed by atoms with Crippen LogP contribution in [-0.2, 0) is 9.53 Å². The maximum atomic E-state index is 12.4. The Morgan fingerprint density at radius 3 is 2.67 bits per heavy atom. The van der Waals surface area contributed by atoms with Crippen molar-refractivity contribution in [1.82, 2.24) is 15.1 Å². The third kappa shape index (κ3) is 3.80. The van der Waals surface area contributed by atoms with Crippen LogP contribution in [0.25, 0.3) is 5.69 Å². The van der Waals surface area contributed by atoms with Gasteiger partial charge in [0.25, 0.3) is 11.6 Å². The van der Waals surface area contributed by atoms with Gasteiger partial charge in [-0.3, -0.25) is 19.7 Å². The number of ether oxygens (including phenoxy) is 1. The lowest BCUT2D eigenvalue weighted by molar-refractivity contribution is -0.384. The summed E-state index contributed by atoms with van der Waals surface area (Å²) in [4.78, 5) is 34.6. The van der Waals surface area contributed by atoms with Gasteiger partial charge in [-0.1, -0.05) is 12.1 Å². The van der Waals surface area contributed by atoms with Gasteiger partial charge in [-0.25, -0.2) is 4.68 Å². The van der Waals surface area contributed by atoms with E-state index in [1.165, 1.54) is 35.1 Å². The summed E-state index contributed by atoms with van der Waals surface area (Å²) in [5.41, 5.74) is -0.928. The average molecular weight is 374 g/mol. The Balaban J connectivity index is 1.74. The fourth-order valence-corrected chi connectivity index (χ4v) is 2.96. The number of hydrogen-bond acceptors (Lipinski definition) is 6. The van der Waals surface area contributed by atoms with Crippen molar-refractivity contribution in [3.8, 4) is 5.69 Å². The van der Waals surface area contributed by atoms with Crippen LogP contribution < -0.4 is 5.32 Å². The zero-order valence-electron chi connectivity index (χ0n) is 14.3. The van der Waals surface area contributed by atoms with Crippen molar-refractivity contribution in [1.29, 1.82) is 0 Å². The van der Waals surface area contributed by atoms with Crippen molar-refractivity contribution in [2.24, 2.45) is 5.41 Å². The first-order valence-electron chi connectivity index (χ1n) is 8.32. The van der Waals surface area contributed by atoms with E-state index in [2.05, 4.69) is 10.4 Å². The summed E-state index contributed by atoms with van der Waals surface area (Å²) in [6, 6.07) is 7.46. The number of nitro groups is 1. The molecule has 10 nitrogen and oxygen atoms in total. The van der Waals surface area contributed by atoms with Crippen molar-refractivity contribution in [2.45, 2.75) is 12.8 Å². The molecule has 0 atom stereocenters. The van der Waals surface area contributed by atoms with E-state index < -0.39 is 22.2 Å². The van der Waals surface area contributed by atoms with Gasteiger partial charge in [0.2, 0.25) is 0 Å². The lowest BCUT2D eigenvalue weighted by Gasteiger charge is -2.32. The molecule has 1 amide bonds. The average Bonchev–Trinajstić information content (AvgIpc) is 3.17. The van der Waals surface area contributed by atoms with E-state index in [-0.39, 0.29) is 23.6 Å². The predicted molar refractivity (Wildman–Crippen MR) is 92.7 cm³/mol. The van der Waals surface area contributed by atoms with Crippen molar-refractivity contribution in [2.75, 3.05) is 19.8 Å². The SMILES string of the molecule is O=C(NCC1(C(=O)O)CCOCC1)c1ccn(-c2ccccc2[N+](=O)[O-])n1. The molecule has 1 aromatic heterocycles. The number of hydrogen-bond donors (Lipinski definition) is 2. The van der Waals surface area contributed by atoms with Gasteiger partial charge in [-0.05, 0) is 25.0 Å². The van der Waals surface area contributed by atoms with Crippen LogP contribution in [0.3, 0.4) is 0 Å². The second kappa shape index (κ2) is 7.54. The van der Waals surface area contributed by atoms with Crippen LogP contribution >= 0.6 is 0 Å². The predicted octanol–water partition coefficient (Wildman–Crippen LogP) is 1.39. The molecule has 27 heavy (non-hydrogen) atoms. The van der Waals surface area contributed by atoms with E-state index in [9.17, 15) is 24.8 Å². The molecule has 0 aliphatic carbocycles. The number of carbonyl (C=O) groups is 2. The smallest absolute Gasteiger partial charge is 0.311 e. The molecule has 0 spiro atoms. The van der Waals surface area contributed by atoms with Gasteiger partial charge in [0.1, 0.15) is 5.69 Å². The number of aliphatic carboxylic acids is 1. The molecule has 2 N–H and O–H groups in total. The summed E-state index contributed by atoms with van der Waals surface area (Å²) >= 11 is 0. The van der Waals surface area contributed by atoms with Crippen LogP contribution in [0.15, 0.2) is 36.5 Å². The van der Waals surface area contributed by atoms with Gasteiger partial charge >= 0.3 is 5.97 Å². The van der Waals surface area contributed by atoms with Crippen molar-refractivity contribution >= 4 is 17.6 Å². The third-order valence-corrected chi connectivity index (χ3v) is 4.64. The number of benzene rings is 1. The monoisotopic (exact) mass is 374 g/mol. The third-order valence-electron chi connectivity index (χ3n) is 4.64. The first kappa shape index (κ1) is 18.5. The number of nitrogens with zero attached hydrogens (tertiary/aromatic N) is 3. The van der Waals surface area contributed by atoms with Crippen molar-refractivity contribution in [3.05, 3.63) is 52.3 Å². The first-order valence-corrected chi connectivity index (χ1v) is 8.32. The highest BCUT2D eigenvalue weighted by atomic mass is 16.6. The normalized spacial score (nSPS) is 15.9. The number of carboxylic acid groups (broad SMARTS) is 1. The van der Waals surface area contributed by atoms with E-state index in [0.29, 0.717) is 26.1 Å². The van der Waals surface area contributed by atoms with Gasteiger partial charge < -0.3 is 15.2 Å². The van der Waals surface area contributed by atoms with Crippen molar-refractivity contribution < 1.29 is 24.4 Å². The molecule has 1 aromatic carbocycles. The van der Waals surface area contributed by atoms with Gasteiger partial charge in [0.15, 0.2) is 5.69 Å². The molecule has 1 aliphatic heterocycles. The Hall–Kier alpha value is -3.27. The number of rotatable bonds is 6. The largest absolute Gasteiger partial charge is 0.481 e. The highest BCUT2D eigenvalue weighted by Gasteiger charge is 2.40. The minimum atomic E-state index is -1.06. The topological polar surface area (TPSA) is 137 Å². The molecule has 0 saturated carbocycles. The second-order valence-electron chi connectivity index (χ2n) is 6.27. The van der Waals surface area contributed by atoms with Crippen LogP contribution in [-0.4, -0.2) is 51.4 Å². The molecule has 1 fully saturated rings. The van der Waals surface area contributed by atoms with Crippen LogP contribution in [0.1, 0.15) is 23.3 Å². The molecule has 1 saturated heterocycles. The van der Waals surface area contributed by atoms with Gasteiger partial charge in [0.05, 0.1) is 10.3 Å². The molecular formula is C17H18N4O6. The van der Waals surface area contributed by atoms with Crippen molar-refractivity contribution in [3.63, 3.8) is 0 Å². The zero-order chi connectivity index (χ0) is 19.4. The lowest BCUT2D eigenvalue weighted by atomic mass is 9.80. The van der Waals surface area contributed by atoms with E-state index in [1.807, 2.05) is 0 Å². The fourth-order valence-electron chi connectivity index (χ4n) is 2.96. The van der Waals surface area contributed by atoms with Gasteiger partial charge in [-0.2, -0.15) is 5.10 Å². The van der Waals surface area contributed by atoms with Crippen LogP contribution in [0.5, 0.6) is 0 Å². The minimum absolute atomic E-state index is 0.0388. The van der Waals surface area contributed by atoms with Gasteiger partial charge in [0, 0.05) is 32.0 Å². The molecule has 142 valence electrons. The Kier molecular flexibility index (Phi) is 5.17. The Labute approximate surface area is 153 Å². The molecule has 10 heteroatoms. The van der Waals surface area contributed by atoms with E-state index in [4.69, 9.17) is 4.74 Å². The van der Waals surface area contributed by atoms with E-state index in [1.54, 1.807) is 6.07 Å². The quantitative estimate of drug-likeness (QED) is 0.576. The maximum Gasteiger partial charge on any atom is 0.311 e. The summed E-state index contributed by atoms with van der Waals surface area (Å²) in [6.45, 7) is 0.617. The van der Waals surface area contributed by atoms with E-state index >= 15 is 0 Å². The Bertz CT molecular complexity index is 872. The molecule has 0 unspecified atom stereocenters. The summed E-state index contributed by atoms with van der Waals surface area (Å²) in [5, 5.41) is 27.3. The molecular weight excluding hydrogens is 356 g/mol. The van der Waals surface area contributed by atoms with Crippen LogP contribution in [0.2, 0.25) is 0 Å². The zero-order valence-corrected chi connectivity index (χ0v) is 14.3. The highest BCUT2D eigenvalue weighted by Crippen LogP contribution is 2.30. The molecule has 2 aromatic rings. The fraction of sp³-hybridized carbons (Fsp3) is 0.353. The molecule has 3 rings (SSSR count). The molecule has 2 heterocycles. The number of nitrogens with one attached hydrogen (secondary N) is 1. The minimum Gasteiger partial charge on any atom is -0.481 e. The van der Waals surface area contributed by atoms with Crippen LogP contribution in [0.4, 0.5) is 5.69 Å². The number of para-hydroxylation sites is 2. The summed E-state index contributed by atoms with van der Waals surface area (Å²) in [6.07, 6.45) is 2.07. The number of carboxylic acids is 1. The van der Waals surface area contributed by atoms with Gasteiger partial charge in [-0.15, -0.1) is 0 Å². The molecule has 1 aliphatic rings. The first-order chi connectivity index (χ1) is 12.9. The Morgan fingerprint density at radius 2 is 2.00 bits per heavy atom. The standard InChI is InChI=1S/C17H18N4O6/c22-15(18-11-17(16(23)24)6-9-27-10-7-17)12-5-8-20(19-12)13-3-1-2-4-14(13)21(25)26/h1-5,8H,6-7,9-11H2,(H,18,22)(H,23,24). The number of amides is 1. The second-order valence-corrected chi connectivity index (χ2v) is 6.27. The number of nitro benzene ring substituents is 1. The summed E-state index contributed by atoms with van der Waals surface area (Å²) < 4.78 is 6.45. The Morgan fingerprint density at radius 1 is 1.30 bits per heavy atom. The highest BCUT2D eigenvalue weighted by molar-refractivity contribution is 5.92. The lowest BCUT2D eigenvalue weighted by Crippen LogP contribution is -2.46. The molecule has 0 bridgehead atoms. The number of carbonyl (C=O) groups excluding carboxylic acids is 1.